The average Bonchev–Trinajstić information content (AvgIpc) is 2.22. The van der Waals surface area contributed by atoms with Crippen LogP contribution in [0.15, 0.2) is 12.1 Å². The van der Waals surface area contributed by atoms with Crippen molar-refractivity contribution in [1.82, 2.24) is 0 Å². The number of ether oxygens (including phenoxy) is 1. The fourth-order valence-corrected chi connectivity index (χ4v) is 1.52. The molecule has 0 heterocycles. The fraction of sp³-hybridized carbons (Fsp3) is 0.364. The third-order valence-electron chi connectivity index (χ3n) is 2.18. The number of methoxy groups -OCH3 is 1. The molecular weight excluding hydrogens is 219 g/mol. The lowest BCUT2D eigenvalue weighted by Gasteiger charge is -2.08. The van der Waals surface area contributed by atoms with Crippen LogP contribution in [0.5, 0.6) is 0 Å². The minimum absolute atomic E-state index is 0.0449. The van der Waals surface area contributed by atoms with E-state index in [0.717, 1.165) is 5.56 Å². The molecule has 0 N–H and O–H groups in total. The van der Waals surface area contributed by atoms with Gasteiger partial charge < -0.3 is 4.74 Å². The maximum Gasteiger partial charge on any atom is 0.310 e. The first-order valence-electron chi connectivity index (χ1n) is 4.49. The number of hydrogen-bond donors (Lipinski definition) is 0. The van der Waals surface area contributed by atoms with Crippen LogP contribution in [-0.2, 0) is 21.8 Å². The minimum atomic E-state index is -0.448. The molecule has 0 aliphatic heterocycles. The van der Waals surface area contributed by atoms with Gasteiger partial charge in [-0.3, -0.25) is 4.79 Å². The van der Waals surface area contributed by atoms with Gasteiger partial charge in [-0.25, -0.2) is 4.39 Å². The lowest BCUT2D eigenvalue weighted by molar-refractivity contribution is -0.139. The quantitative estimate of drug-likeness (QED) is 0.589. The maximum absolute atomic E-state index is 13.5. The number of hydrogen-bond acceptors (Lipinski definition) is 2. The van der Waals surface area contributed by atoms with Crippen molar-refractivity contribution in [3.63, 3.8) is 0 Å². The van der Waals surface area contributed by atoms with E-state index in [-0.39, 0.29) is 12.3 Å². The van der Waals surface area contributed by atoms with Crippen LogP contribution in [0.3, 0.4) is 0 Å². The summed E-state index contributed by atoms with van der Waals surface area (Å²) in [5, 5.41) is 0. The predicted octanol–water partition coefficient (Wildman–Crippen LogP) is 2.59. The van der Waals surface area contributed by atoms with E-state index in [1.807, 2.05) is 0 Å². The van der Waals surface area contributed by atoms with Gasteiger partial charge in [0.2, 0.25) is 0 Å². The highest BCUT2D eigenvalue weighted by atomic mass is 35.5. The highest BCUT2D eigenvalue weighted by Gasteiger charge is 2.12. The summed E-state index contributed by atoms with van der Waals surface area (Å²) in [6, 6.07) is 3.12. The largest absolute Gasteiger partial charge is 0.469 e. The van der Waals surface area contributed by atoms with Crippen LogP contribution in [-0.4, -0.2) is 13.1 Å². The lowest BCUT2D eigenvalue weighted by atomic mass is 10.0. The Labute approximate surface area is 93.0 Å². The molecule has 0 radical (unpaired) electrons. The molecule has 0 bridgehead atoms. The van der Waals surface area contributed by atoms with Crippen molar-refractivity contribution in [2.45, 2.75) is 19.2 Å². The van der Waals surface area contributed by atoms with Gasteiger partial charge in [0, 0.05) is 11.4 Å². The Kier molecular flexibility index (Phi) is 4.09. The summed E-state index contributed by atoms with van der Waals surface area (Å²) in [6.45, 7) is 1.75. The molecule has 0 aliphatic rings. The molecular formula is C11H12ClFO2. The SMILES string of the molecule is COC(=O)Cc1c(C)cc(CCl)cc1F. The molecule has 2 nitrogen and oxygen atoms in total. The fourth-order valence-electron chi connectivity index (χ4n) is 1.36. The molecule has 0 amide bonds. The van der Waals surface area contributed by atoms with E-state index in [0.29, 0.717) is 11.1 Å². The van der Waals surface area contributed by atoms with Crippen LogP contribution >= 0.6 is 11.6 Å². The van der Waals surface area contributed by atoms with Crippen molar-refractivity contribution < 1.29 is 13.9 Å². The van der Waals surface area contributed by atoms with Gasteiger partial charge in [-0.05, 0) is 24.1 Å². The summed E-state index contributed by atoms with van der Waals surface area (Å²) >= 11 is 5.60. The molecule has 0 fully saturated rings. The van der Waals surface area contributed by atoms with E-state index in [9.17, 15) is 9.18 Å². The third-order valence-corrected chi connectivity index (χ3v) is 2.49. The second-order valence-corrected chi connectivity index (χ2v) is 3.53. The van der Waals surface area contributed by atoms with Gasteiger partial charge in [0.1, 0.15) is 5.82 Å². The van der Waals surface area contributed by atoms with Gasteiger partial charge in [-0.1, -0.05) is 6.07 Å². The number of carbonyl (C=O) groups excluding carboxylic acids is 1. The molecule has 4 heteroatoms. The summed E-state index contributed by atoms with van der Waals surface area (Å²) in [5.41, 5.74) is 1.80. The van der Waals surface area contributed by atoms with Gasteiger partial charge in [-0.15, -0.1) is 11.6 Å². The van der Waals surface area contributed by atoms with E-state index >= 15 is 0 Å². The van der Waals surface area contributed by atoms with Crippen LogP contribution < -0.4 is 0 Å². The van der Waals surface area contributed by atoms with Crippen molar-refractivity contribution in [3.05, 3.63) is 34.6 Å². The molecule has 0 unspecified atom stereocenters. The van der Waals surface area contributed by atoms with Gasteiger partial charge in [0.25, 0.3) is 0 Å². The molecule has 0 spiro atoms. The first kappa shape index (κ1) is 12.0. The number of halogens is 2. The standard InChI is InChI=1S/C11H12ClFO2/c1-7-3-8(6-12)4-10(13)9(7)5-11(14)15-2/h3-4H,5-6H2,1-2H3. The van der Waals surface area contributed by atoms with Crippen molar-refractivity contribution >= 4 is 17.6 Å². The van der Waals surface area contributed by atoms with Gasteiger partial charge in [-0.2, -0.15) is 0 Å². The van der Waals surface area contributed by atoms with Crippen LogP contribution in [0.2, 0.25) is 0 Å². The topological polar surface area (TPSA) is 26.3 Å². The van der Waals surface area contributed by atoms with Gasteiger partial charge in [0.05, 0.1) is 13.5 Å². The van der Waals surface area contributed by atoms with E-state index in [2.05, 4.69) is 4.74 Å². The van der Waals surface area contributed by atoms with E-state index in [1.54, 1.807) is 13.0 Å². The zero-order valence-corrected chi connectivity index (χ0v) is 9.40. The minimum Gasteiger partial charge on any atom is -0.469 e. The number of aryl methyl sites for hydroxylation is 1. The van der Waals surface area contributed by atoms with Crippen LogP contribution in [0, 0.1) is 12.7 Å². The van der Waals surface area contributed by atoms with Gasteiger partial charge in [0.15, 0.2) is 0 Å². The summed E-state index contributed by atoms with van der Waals surface area (Å²) in [4.78, 5) is 11.0. The first-order valence-corrected chi connectivity index (χ1v) is 5.02. The molecule has 0 atom stereocenters. The van der Waals surface area contributed by atoms with E-state index in [1.165, 1.54) is 13.2 Å². The molecule has 1 aromatic carbocycles. The highest BCUT2D eigenvalue weighted by Crippen LogP contribution is 2.18. The summed E-state index contributed by atoms with van der Waals surface area (Å²) < 4.78 is 18.0. The molecule has 0 aliphatic carbocycles. The third kappa shape index (κ3) is 2.93. The number of rotatable bonds is 3. The first-order chi connectivity index (χ1) is 7.08. The van der Waals surface area contributed by atoms with Crippen LogP contribution in [0.4, 0.5) is 4.39 Å². The zero-order valence-electron chi connectivity index (χ0n) is 8.64. The summed E-state index contributed by atoms with van der Waals surface area (Å²) in [6.07, 6.45) is -0.0449. The summed E-state index contributed by atoms with van der Waals surface area (Å²) in [7, 11) is 1.28. The lowest BCUT2D eigenvalue weighted by Crippen LogP contribution is -2.08. The monoisotopic (exact) mass is 230 g/mol. The number of carbonyl (C=O) groups is 1. The average molecular weight is 231 g/mol. The van der Waals surface area contributed by atoms with Crippen molar-refractivity contribution in [2.75, 3.05) is 7.11 Å². The molecule has 0 aromatic heterocycles. The Balaban J connectivity index is 3.03. The van der Waals surface area contributed by atoms with Crippen LogP contribution in [0.1, 0.15) is 16.7 Å². The molecule has 1 rings (SSSR count). The Hall–Kier alpha value is -1.09. The summed E-state index contributed by atoms with van der Waals surface area (Å²) in [5.74, 6) is -0.595. The predicted molar refractivity (Wildman–Crippen MR) is 56.4 cm³/mol. The van der Waals surface area contributed by atoms with Gasteiger partial charge >= 0.3 is 5.97 Å². The second kappa shape index (κ2) is 5.12. The van der Waals surface area contributed by atoms with Crippen LogP contribution in [0.25, 0.3) is 0 Å². The molecule has 15 heavy (non-hydrogen) atoms. The second-order valence-electron chi connectivity index (χ2n) is 3.26. The Morgan fingerprint density at radius 2 is 2.20 bits per heavy atom. The normalized spacial score (nSPS) is 10.1. The zero-order chi connectivity index (χ0) is 11.4. The Bertz CT molecular complexity index is 354. The molecule has 0 saturated heterocycles. The Morgan fingerprint density at radius 1 is 1.53 bits per heavy atom. The van der Waals surface area contributed by atoms with E-state index < -0.39 is 11.8 Å². The number of alkyl halides is 1. The van der Waals surface area contributed by atoms with E-state index in [4.69, 9.17) is 11.6 Å². The van der Waals surface area contributed by atoms with Crippen molar-refractivity contribution in [2.24, 2.45) is 0 Å². The highest BCUT2D eigenvalue weighted by molar-refractivity contribution is 6.17. The number of esters is 1. The molecule has 1 aromatic rings. The molecule has 82 valence electrons. The molecule has 0 saturated carbocycles. The maximum atomic E-state index is 13.5. The van der Waals surface area contributed by atoms with Crippen molar-refractivity contribution in [1.29, 1.82) is 0 Å². The Morgan fingerprint density at radius 3 is 2.67 bits per heavy atom. The number of benzene rings is 1. The smallest absolute Gasteiger partial charge is 0.310 e. The van der Waals surface area contributed by atoms with Crippen molar-refractivity contribution in [3.8, 4) is 0 Å².